The molecule has 0 radical (unpaired) electrons. The summed E-state index contributed by atoms with van der Waals surface area (Å²) in [4.78, 5) is 14.2. The minimum Gasteiger partial charge on any atom is -0.493 e. The SMILES string of the molecule is CN(C(=O)CCOc1cccc(Cl)c1)C1CCCCCC1. The van der Waals surface area contributed by atoms with Crippen LogP contribution in [-0.4, -0.2) is 30.5 Å². The van der Waals surface area contributed by atoms with Crippen LogP contribution in [0.25, 0.3) is 0 Å². The van der Waals surface area contributed by atoms with Gasteiger partial charge in [-0.25, -0.2) is 0 Å². The molecule has 0 N–H and O–H groups in total. The summed E-state index contributed by atoms with van der Waals surface area (Å²) in [6, 6.07) is 7.68. The molecule has 0 aromatic heterocycles. The highest BCUT2D eigenvalue weighted by atomic mass is 35.5. The van der Waals surface area contributed by atoms with E-state index in [9.17, 15) is 4.79 Å². The highest BCUT2D eigenvalue weighted by molar-refractivity contribution is 6.30. The van der Waals surface area contributed by atoms with E-state index >= 15 is 0 Å². The van der Waals surface area contributed by atoms with Crippen molar-refractivity contribution in [1.29, 1.82) is 0 Å². The van der Waals surface area contributed by atoms with Crippen molar-refractivity contribution in [2.24, 2.45) is 0 Å². The quantitative estimate of drug-likeness (QED) is 0.759. The molecule has 2 rings (SSSR count). The maximum atomic E-state index is 12.2. The molecule has 1 amide bonds. The summed E-state index contributed by atoms with van der Waals surface area (Å²) in [5, 5.41) is 0.648. The Balaban J connectivity index is 1.75. The molecule has 1 aliphatic carbocycles. The fourth-order valence-corrected chi connectivity index (χ4v) is 3.02. The van der Waals surface area contributed by atoms with Crippen molar-refractivity contribution < 1.29 is 9.53 Å². The Kier molecular flexibility index (Phi) is 6.37. The molecule has 1 aromatic rings. The third-order valence-corrected chi connectivity index (χ3v) is 4.38. The molecule has 0 spiro atoms. The van der Waals surface area contributed by atoms with Crippen molar-refractivity contribution in [2.45, 2.75) is 51.0 Å². The smallest absolute Gasteiger partial charge is 0.225 e. The average molecular weight is 310 g/mol. The molecule has 0 aliphatic heterocycles. The second-order valence-electron chi connectivity index (χ2n) is 5.71. The van der Waals surface area contributed by atoms with Crippen LogP contribution in [0.5, 0.6) is 5.75 Å². The zero-order chi connectivity index (χ0) is 15.1. The maximum Gasteiger partial charge on any atom is 0.225 e. The summed E-state index contributed by atoms with van der Waals surface area (Å²) >= 11 is 5.90. The van der Waals surface area contributed by atoms with Crippen LogP contribution >= 0.6 is 11.6 Å². The van der Waals surface area contributed by atoms with Crippen LogP contribution in [0.15, 0.2) is 24.3 Å². The number of amides is 1. The van der Waals surface area contributed by atoms with Gasteiger partial charge in [0, 0.05) is 18.1 Å². The fourth-order valence-electron chi connectivity index (χ4n) is 2.84. The highest BCUT2D eigenvalue weighted by Crippen LogP contribution is 2.22. The van der Waals surface area contributed by atoms with Crippen LogP contribution < -0.4 is 4.74 Å². The van der Waals surface area contributed by atoms with E-state index < -0.39 is 0 Å². The number of nitrogens with zero attached hydrogens (tertiary/aromatic N) is 1. The van der Waals surface area contributed by atoms with E-state index in [2.05, 4.69) is 0 Å². The van der Waals surface area contributed by atoms with Crippen molar-refractivity contribution in [1.82, 2.24) is 4.90 Å². The topological polar surface area (TPSA) is 29.5 Å². The first-order valence-electron chi connectivity index (χ1n) is 7.81. The van der Waals surface area contributed by atoms with E-state index in [0.29, 0.717) is 29.8 Å². The summed E-state index contributed by atoms with van der Waals surface area (Å²) in [6.07, 6.45) is 7.77. The van der Waals surface area contributed by atoms with Crippen LogP contribution in [0.2, 0.25) is 5.02 Å². The molecular weight excluding hydrogens is 286 g/mol. The third-order valence-electron chi connectivity index (χ3n) is 4.15. The predicted octanol–water partition coefficient (Wildman–Crippen LogP) is 4.29. The molecule has 0 heterocycles. The van der Waals surface area contributed by atoms with Crippen molar-refractivity contribution in [3.8, 4) is 5.75 Å². The van der Waals surface area contributed by atoms with Crippen molar-refractivity contribution in [2.75, 3.05) is 13.7 Å². The lowest BCUT2D eigenvalue weighted by molar-refractivity contribution is -0.132. The van der Waals surface area contributed by atoms with E-state index in [-0.39, 0.29) is 5.91 Å². The van der Waals surface area contributed by atoms with Crippen molar-refractivity contribution in [3.63, 3.8) is 0 Å². The van der Waals surface area contributed by atoms with Gasteiger partial charge in [-0.15, -0.1) is 0 Å². The maximum absolute atomic E-state index is 12.2. The van der Waals surface area contributed by atoms with E-state index in [0.717, 1.165) is 12.8 Å². The number of carbonyl (C=O) groups excluding carboxylic acids is 1. The van der Waals surface area contributed by atoms with Crippen molar-refractivity contribution >= 4 is 17.5 Å². The molecule has 4 heteroatoms. The van der Waals surface area contributed by atoms with Gasteiger partial charge in [-0.3, -0.25) is 4.79 Å². The second kappa shape index (κ2) is 8.28. The number of ether oxygens (including phenoxy) is 1. The Morgan fingerprint density at radius 1 is 1.29 bits per heavy atom. The Morgan fingerprint density at radius 3 is 2.67 bits per heavy atom. The molecule has 1 fully saturated rings. The van der Waals surface area contributed by atoms with Gasteiger partial charge >= 0.3 is 0 Å². The van der Waals surface area contributed by atoms with Crippen LogP contribution in [0.1, 0.15) is 44.9 Å². The Morgan fingerprint density at radius 2 is 2.00 bits per heavy atom. The van der Waals surface area contributed by atoms with E-state index in [4.69, 9.17) is 16.3 Å². The zero-order valence-corrected chi connectivity index (χ0v) is 13.4. The molecule has 21 heavy (non-hydrogen) atoms. The van der Waals surface area contributed by atoms with Crippen LogP contribution in [-0.2, 0) is 4.79 Å². The molecule has 1 aromatic carbocycles. The lowest BCUT2D eigenvalue weighted by atomic mass is 10.1. The minimum atomic E-state index is 0.170. The number of rotatable bonds is 5. The minimum absolute atomic E-state index is 0.170. The highest BCUT2D eigenvalue weighted by Gasteiger charge is 2.20. The molecule has 0 unspecified atom stereocenters. The average Bonchev–Trinajstić information content (AvgIpc) is 2.75. The summed E-state index contributed by atoms with van der Waals surface area (Å²) in [5.41, 5.74) is 0. The molecule has 0 saturated heterocycles. The first kappa shape index (κ1) is 16.2. The number of halogens is 1. The number of carbonyl (C=O) groups is 1. The first-order valence-corrected chi connectivity index (χ1v) is 8.18. The van der Waals surface area contributed by atoms with Gasteiger partial charge in [-0.1, -0.05) is 43.4 Å². The Labute approximate surface area is 132 Å². The lowest BCUT2D eigenvalue weighted by Crippen LogP contribution is -2.37. The largest absolute Gasteiger partial charge is 0.493 e. The molecule has 116 valence electrons. The Hall–Kier alpha value is -1.22. The lowest BCUT2D eigenvalue weighted by Gasteiger charge is -2.27. The van der Waals surface area contributed by atoms with Crippen LogP contribution in [0, 0.1) is 0 Å². The summed E-state index contributed by atoms with van der Waals surface area (Å²) in [6.45, 7) is 0.399. The molecule has 1 aliphatic rings. The standard InChI is InChI=1S/C17H24ClNO2/c1-19(15-8-4-2-3-5-9-15)17(20)11-12-21-16-10-6-7-14(18)13-16/h6-7,10,13,15H,2-5,8-9,11-12H2,1H3. The normalized spacial score (nSPS) is 16.3. The summed E-state index contributed by atoms with van der Waals surface area (Å²) < 4.78 is 5.59. The molecule has 0 bridgehead atoms. The summed E-state index contributed by atoms with van der Waals surface area (Å²) in [7, 11) is 1.93. The second-order valence-corrected chi connectivity index (χ2v) is 6.14. The zero-order valence-electron chi connectivity index (χ0n) is 12.7. The van der Waals surface area contributed by atoms with Crippen molar-refractivity contribution in [3.05, 3.63) is 29.3 Å². The van der Waals surface area contributed by atoms with Crippen LogP contribution in [0.4, 0.5) is 0 Å². The van der Waals surface area contributed by atoms with E-state index in [1.54, 1.807) is 12.1 Å². The summed E-state index contributed by atoms with van der Waals surface area (Å²) in [5.74, 6) is 0.886. The van der Waals surface area contributed by atoms with Gasteiger partial charge in [0.2, 0.25) is 5.91 Å². The van der Waals surface area contributed by atoms with Gasteiger partial charge in [-0.05, 0) is 31.0 Å². The van der Waals surface area contributed by atoms with E-state index in [1.165, 1.54) is 25.7 Å². The number of benzene rings is 1. The number of hydrogen-bond donors (Lipinski definition) is 0. The number of hydrogen-bond acceptors (Lipinski definition) is 2. The van der Waals surface area contributed by atoms with Gasteiger partial charge in [0.05, 0.1) is 13.0 Å². The Bertz CT molecular complexity index is 456. The third kappa shape index (κ3) is 5.24. The van der Waals surface area contributed by atoms with Gasteiger partial charge in [0.15, 0.2) is 0 Å². The fraction of sp³-hybridized carbons (Fsp3) is 0.588. The van der Waals surface area contributed by atoms with Gasteiger partial charge < -0.3 is 9.64 Å². The predicted molar refractivity (Wildman–Crippen MR) is 85.8 cm³/mol. The first-order chi connectivity index (χ1) is 10.2. The molecular formula is C17H24ClNO2. The molecule has 0 atom stereocenters. The van der Waals surface area contributed by atoms with E-state index in [1.807, 2.05) is 24.1 Å². The molecule has 1 saturated carbocycles. The molecule has 3 nitrogen and oxygen atoms in total. The van der Waals surface area contributed by atoms with Crippen LogP contribution in [0.3, 0.4) is 0 Å². The monoisotopic (exact) mass is 309 g/mol. The van der Waals surface area contributed by atoms with Gasteiger partial charge in [-0.2, -0.15) is 0 Å². The van der Waals surface area contributed by atoms with Gasteiger partial charge in [0.25, 0.3) is 0 Å². The van der Waals surface area contributed by atoms with Gasteiger partial charge in [0.1, 0.15) is 5.75 Å².